The molecule has 0 saturated heterocycles. The first-order chi connectivity index (χ1) is 13.5. The van der Waals surface area contributed by atoms with Crippen LogP contribution < -0.4 is 16.2 Å². The van der Waals surface area contributed by atoms with E-state index in [1.807, 2.05) is 0 Å². The summed E-state index contributed by atoms with van der Waals surface area (Å²) in [6, 6.07) is 13.3. The monoisotopic (exact) mass is 462 g/mol. The van der Waals surface area contributed by atoms with Gasteiger partial charge in [-0.3, -0.25) is 25.8 Å². The number of rotatable bonds is 6. The van der Waals surface area contributed by atoms with Gasteiger partial charge in [0, 0.05) is 15.2 Å². The van der Waals surface area contributed by atoms with Crippen LogP contribution in [0, 0.1) is 10.1 Å². The van der Waals surface area contributed by atoms with Crippen LogP contribution >= 0.6 is 27.5 Å². The highest BCUT2D eigenvalue weighted by Crippen LogP contribution is 2.31. The zero-order valence-corrected chi connectivity index (χ0v) is 16.4. The third-order valence-electron chi connectivity index (χ3n) is 3.52. The zero-order valence-electron chi connectivity index (χ0n) is 14.0. The van der Waals surface area contributed by atoms with Crippen molar-refractivity contribution < 1.29 is 9.72 Å². The van der Waals surface area contributed by atoms with Gasteiger partial charge >= 0.3 is 5.69 Å². The quantitative estimate of drug-likeness (QED) is 0.368. The third kappa shape index (κ3) is 4.53. The molecule has 1 aromatic heterocycles. The van der Waals surface area contributed by atoms with Crippen molar-refractivity contribution in [1.29, 1.82) is 0 Å². The number of nitro groups is 1. The summed E-state index contributed by atoms with van der Waals surface area (Å²) in [5.41, 5.74) is 5.35. The molecule has 1 amide bonds. The number of carbonyl (C=O) groups excluding carboxylic acids is 1. The fourth-order valence-corrected chi connectivity index (χ4v) is 2.82. The summed E-state index contributed by atoms with van der Waals surface area (Å²) >= 11 is 9.11. The molecule has 0 aliphatic carbocycles. The second kappa shape index (κ2) is 8.63. The molecule has 1 heterocycles. The van der Waals surface area contributed by atoms with E-state index in [1.54, 1.807) is 48.5 Å². The fourth-order valence-electron chi connectivity index (χ4n) is 2.23. The number of hydrogen-bond acceptors (Lipinski definition) is 7. The number of nitrogens with one attached hydrogen (secondary N) is 3. The van der Waals surface area contributed by atoms with Gasteiger partial charge < -0.3 is 5.32 Å². The summed E-state index contributed by atoms with van der Waals surface area (Å²) in [5, 5.41) is 14.9. The molecule has 28 heavy (non-hydrogen) atoms. The van der Waals surface area contributed by atoms with E-state index in [0.717, 1.165) is 6.33 Å². The van der Waals surface area contributed by atoms with Gasteiger partial charge in [0.05, 0.1) is 10.5 Å². The molecule has 3 rings (SSSR count). The summed E-state index contributed by atoms with van der Waals surface area (Å²) < 4.78 is 0.580. The predicted octanol–water partition coefficient (Wildman–Crippen LogP) is 4.30. The van der Waals surface area contributed by atoms with E-state index in [2.05, 4.69) is 42.1 Å². The SMILES string of the molecule is O=C(NNc1ncnc(Nc2ccc(Cl)cc2)c1[N+](=O)[O-])c1ccccc1Br. The van der Waals surface area contributed by atoms with Crippen molar-refractivity contribution in [2.75, 3.05) is 10.7 Å². The fraction of sp³-hybridized carbons (Fsp3) is 0. The van der Waals surface area contributed by atoms with Crippen molar-refractivity contribution in [3.63, 3.8) is 0 Å². The molecule has 0 bridgehead atoms. The highest BCUT2D eigenvalue weighted by atomic mass is 79.9. The standard InChI is InChI=1S/C17H12BrClN6O3/c18-13-4-2-1-3-12(13)17(26)24-23-16-14(25(27)28)15(20-9-21-16)22-11-7-5-10(19)6-8-11/h1-9H,(H,24,26)(H2,20,21,22,23). The lowest BCUT2D eigenvalue weighted by atomic mass is 10.2. The zero-order chi connectivity index (χ0) is 20.1. The number of benzene rings is 2. The van der Waals surface area contributed by atoms with Crippen molar-refractivity contribution in [3.05, 3.63) is 80.0 Å². The first-order valence-electron chi connectivity index (χ1n) is 7.78. The number of hydrogen-bond donors (Lipinski definition) is 3. The van der Waals surface area contributed by atoms with Gasteiger partial charge in [-0.05, 0) is 52.3 Å². The molecule has 0 atom stereocenters. The van der Waals surface area contributed by atoms with E-state index in [1.165, 1.54) is 0 Å². The predicted molar refractivity (Wildman–Crippen MR) is 109 cm³/mol. The van der Waals surface area contributed by atoms with Crippen LogP contribution in [0.4, 0.5) is 23.0 Å². The van der Waals surface area contributed by atoms with Crippen molar-refractivity contribution in [3.8, 4) is 0 Å². The van der Waals surface area contributed by atoms with Crippen LogP contribution in [0.2, 0.25) is 5.02 Å². The molecular weight excluding hydrogens is 452 g/mol. The Labute approximate surface area is 172 Å². The van der Waals surface area contributed by atoms with Crippen molar-refractivity contribution >= 4 is 56.4 Å². The van der Waals surface area contributed by atoms with Gasteiger partial charge in [-0.1, -0.05) is 23.7 Å². The molecule has 0 spiro atoms. The van der Waals surface area contributed by atoms with E-state index < -0.39 is 16.5 Å². The summed E-state index contributed by atoms with van der Waals surface area (Å²) in [5.74, 6) is -0.704. The van der Waals surface area contributed by atoms with E-state index in [0.29, 0.717) is 20.7 Å². The van der Waals surface area contributed by atoms with Crippen LogP contribution in [0.3, 0.4) is 0 Å². The number of hydrazine groups is 1. The van der Waals surface area contributed by atoms with E-state index in [4.69, 9.17) is 11.6 Å². The number of nitrogens with zero attached hydrogens (tertiary/aromatic N) is 3. The molecule has 11 heteroatoms. The molecular formula is C17H12BrClN6O3. The summed E-state index contributed by atoms with van der Waals surface area (Å²) in [6.07, 6.45) is 1.14. The summed E-state index contributed by atoms with van der Waals surface area (Å²) in [4.78, 5) is 31.0. The lowest BCUT2D eigenvalue weighted by molar-refractivity contribution is -0.383. The second-order valence-corrected chi connectivity index (χ2v) is 6.66. The minimum Gasteiger partial charge on any atom is -0.334 e. The van der Waals surface area contributed by atoms with Gasteiger partial charge in [-0.15, -0.1) is 0 Å². The topological polar surface area (TPSA) is 122 Å². The molecule has 3 N–H and O–H groups in total. The second-order valence-electron chi connectivity index (χ2n) is 5.37. The van der Waals surface area contributed by atoms with Crippen LogP contribution in [0.25, 0.3) is 0 Å². The molecule has 0 aliphatic heterocycles. The maximum absolute atomic E-state index is 12.3. The smallest absolute Gasteiger partial charge is 0.334 e. The lowest BCUT2D eigenvalue weighted by Gasteiger charge is -2.11. The van der Waals surface area contributed by atoms with Crippen LogP contribution in [0.1, 0.15) is 10.4 Å². The Morgan fingerprint density at radius 3 is 2.43 bits per heavy atom. The number of amides is 1. The summed E-state index contributed by atoms with van der Waals surface area (Å²) in [7, 11) is 0. The van der Waals surface area contributed by atoms with Gasteiger partial charge in [0.1, 0.15) is 6.33 Å². The van der Waals surface area contributed by atoms with Crippen molar-refractivity contribution in [1.82, 2.24) is 15.4 Å². The molecule has 0 unspecified atom stereocenters. The largest absolute Gasteiger partial charge is 0.355 e. The number of anilines is 3. The Morgan fingerprint density at radius 2 is 1.75 bits per heavy atom. The van der Waals surface area contributed by atoms with Gasteiger partial charge in [0.2, 0.25) is 11.6 Å². The minimum absolute atomic E-state index is 0.0417. The first-order valence-corrected chi connectivity index (χ1v) is 8.95. The van der Waals surface area contributed by atoms with Crippen LogP contribution in [0.5, 0.6) is 0 Å². The van der Waals surface area contributed by atoms with Crippen molar-refractivity contribution in [2.24, 2.45) is 0 Å². The molecule has 0 saturated carbocycles. The third-order valence-corrected chi connectivity index (χ3v) is 4.47. The molecule has 3 aromatic rings. The number of halogens is 2. The van der Waals surface area contributed by atoms with Gasteiger partial charge in [-0.25, -0.2) is 9.97 Å². The van der Waals surface area contributed by atoms with E-state index in [9.17, 15) is 14.9 Å². The average Bonchev–Trinajstić information content (AvgIpc) is 2.68. The summed E-state index contributed by atoms with van der Waals surface area (Å²) in [6.45, 7) is 0. The van der Waals surface area contributed by atoms with Gasteiger partial charge in [0.15, 0.2) is 0 Å². The maximum atomic E-state index is 12.3. The Morgan fingerprint density at radius 1 is 1.07 bits per heavy atom. The average molecular weight is 464 g/mol. The Bertz CT molecular complexity index is 1030. The molecule has 9 nitrogen and oxygen atoms in total. The van der Waals surface area contributed by atoms with Crippen LogP contribution in [-0.2, 0) is 0 Å². The Kier molecular flexibility index (Phi) is 6.02. The normalized spacial score (nSPS) is 10.2. The van der Waals surface area contributed by atoms with Gasteiger partial charge in [0.25, 0.3) is 5.91 Å². The lowest BCUT2D eigenvalue weighted by Crippen LogP contribution is -2.30. The van der Waals surface area contributed by atoms with Crippen LogP contribution in [0.15, 0.2) is 59.3 Å². The molecule has 0 fully saturated rings. The van der Waals surface area contributed by atoms with Crippen molar-refractivity contribution in [2.45, 2.75) is 0 Å². The van der Waals surface area contributed by atoms with Gasteiger partial charge in [-0.2, -0.15) is 0 Å². The highest BCUT2D eigenvalue weighted by Gasteiger charge is 2.24. The number of carbonyl (C=O) groups is 1. The highest BCUT2D eigenvalue weighted by molar-refractivity contribution is 9.10. The van der Waals surface area contributed by atoms with E-state index in [-0.39, 0.29) is 11.6 Å². The van der Waals surface area contributed by atoms with Crippen LogP contribution in [-0.4, -0.2) is 20.8 Å². The minimum atomic E-state index is -0.648. The first kappa shape index (κ1) is 19.5. The molecule has 0 aliphatic rings. The Hall–Kier alpha value is -3.24. The molecule has 142 valence electrons. The van der Waals surface area contributed by atoms with E-state index >= 15 is 0 Å². The maximum Gasteiger partial charge on any atom is 0.355 e. The Balaban J connectivity index is 1.83. The molecule has 2 aromatic carbocycles. The molecule has 0 radical (unpaired) electrons. The number of aromatic nitrogens is 2.